The highest BCUT2D eigenvalue weighted by Crippen LogP contribution is 2.44. The third kappa shape index (κ3) is 3.33. The molecule has 0 atom stereocenters. The van der Waals surface area contributed by atoms with Crippen molar-refractivity contribution in [1.82, 2.24) is 5.32 Å². The lowest BCUT2D eigenvalue weighted by atomic mass is 9.95. The Balaban J connectivity index is 1.53. The minimum absolute atomic E-state index is 0.00326. The molecule has 1 aliphatic carbocycles. The van der Waals surface area contributed by atoms with E-state index >= 15 is 0 Å². The number of hydrogen-bond acceptors (Lipinski definition) is 4. The van der Waals surface area contributed by atoms with E-state index in [1.54, 1.807) is 12.1 Å². The van der Waals surface area contributed by atoms with Crippen molar-refractivity contribution in [3.63, 3.8) is 0 Å². The van der Waals surface area contributed by atoms with Gasteiger partial charge in [0.2, 0.25) is 5.91 Å². The molecule has 2 fully saturated rings. The van der Waals surface area contributed by atoms with E-state index in [1.165, 1.54) is 6.07 Å². The van der Waals surface area contributed by atoms with Gasteiger partial charge in [-0.1, -0.05) is 0 Å². The molecule has 1 saturated heterocycles. The van der Waals surface area contributed by atoms with Crippen molar-refractivity contribution in [3.05, 3.63) is 29.6 Å². The van der Waals surface area contributed by atoms with Crippen molar-refractivity contribution in [2.75, 3.05) is 24.5 Å². The Morgan fingerprint density at radius 2 is 2.04 bits per heavy atom. The van der Waals surface area contributed by atoms with E-state index in [0.717, 1.165) is 12.8 Å². The molecule has 1 N–H and O–H groups in total. The Morgan fingerprint density at radius 3 is 2.58 bits per heavy atom. The van der Waals surface area contributed by atoms with Crippen LogP contribution in [0.15, 0.2) is 18.2 Å². The Bertz CT molecular complexity index is 722. The summed E-state index contributed by atoms with van der Waals surface area (Å²) in [5, 5.41) is 20.7. The number of nitrogens with zero attached hydrogens (tertiary/aromatic N) is 3. The third-order valence-corrected chi connectivity index (χ3v) is 4.97. The van der Waals surface area contributed by atoms with Crippen molar-refractivity contribution < 1.29 is 9.18 Å². The first kappa shape index (κ1) is 16.3. The summed E-state index contributed by atoms with van der Waals surface area (Å²) in [6, 6.07) is 8.66. The Labute approximate surface area is 140 Å². The second kappa shape index (κ2) is 6.49. The number of hydrogen-bond donors (Lipinski definition) is 1. The molecule has 0 aromatic heterocycles. The normalized spacial score (nSPS) is 19.2. The fourth-order valence-corrected chi connectivity index (χ4v) is 3.10. The molecule has 0 radical (unpaired) electrons. The molecule has 3 rings (SSSR count). The molecule has 1 aromatic rings. The highest BCUT2D eigenvalue weighted by atomic mass is 19.1. The van der Waals surface area contributed by atoms with Gasteiger partial charge in [0.15, 0.2) is 0 Å². The smallest absolute Gasteiger partial charge is 0.223 e. The zero-order chi connectivity index (χ0) is 17.2. The number of benzene rings is 1. The highest BCUT2D eigenvalue weighted by molar-refractivity contribution is 5.79. The molecular formula is C18H19FN4O. The van der Waals surface area contributed by atoms with E-state index in [0.29, 0.717) is 43.7 Å². The summed E-state index contributed by atoms with van der Waals surface area (Å²) in [5.74, 6) is -0.490. The molecule has 6 heteroatoms. The predicted molar refractivity (Wildman–Crippen MR) is 86.3 cm³/mol. The summed E-state index contributed by atoms with van der Waals surface area (Å²) in [4.78, 5) is 14.1. The van der Waals surface area contributed by atoms with Crippen LogP contribution >= 0.6 is 0 Å². The first-order valence-electron chi connectivity index (χ1n) is 8.20. The SMILES string of the molecule is N#Cc1ccc(N2CCC(C(=O)NCC3(C#N)CC3)CC2)c(F)c1. The second-order valence-electron chi connectivity index (χ2n) is 6.65. The molecule has 1 heterocycles. The molecule has 1 amide bonds. The molecule has 0 bridgehead atoms. The molecule has 0 spiro atoms. The van der Waals surface area contributed by atoms with Crippen molar-refractivity contribution in [1.29, 1.82) is 10.5 Å². The van der Waals surface area contributed by atoms with E-state index in [4.69, 9.17) is 10.5 Å². The number of nitrogens with one attached hydrogen (secondary N) is 1. The van der Waals surface area contributed by atoms with Gasteiger partial charge in [0, 0.05) is 25.6 Å². The number of amides is 1. The lowest BCUT2D eigenvalue weighted by molar-refractivity contribution is -0.125. The van der Waals surface area contributed by atoms with Crippen molar-refractivity contribution >= 4 is 11.6 Å². The van der Waals surface area contributed by atoms with Crippen molar-refractivity contribution in [2.45, 2.75) is 25.7 Å². The van der Waals surface area contributed by atoms with E-state index in [-0.39, 0.29) is 17.2 Å². The average molecular weight is 326 g/mol. The Morgan fingerprint density at radius 1 is 1.33 bits per heavy atom. The van der Waals surface area contributed by atoms with Gasteiger partial charge < -0.3 is 10.2 Å². The van der Waals surface area contributed by atoms with Gasteiger partial charge in [-0.05, 0) is 43.9 Å². The minimum atomic E-state index is -0.401. The van der Waals surface area contributed by atoms with Crippen LogP contribution in [-0.2, 0) is 4.79 Å². The van der Waals surface area contributed by atoms with Crippen molar-refractivity contribution in [2.24, 2.45) is 11.3 Å². The highest BCUT2D eigenvalue weighted by Gasteiger charge is 2.43. The summed E-state index contributed by atoms with van der Waals surface area (Å²) in [6.07, 6.45) is 3.04. The van der Waals surface area contributed by atoms with Crippen LogP contribution in [0.2, 0.25) is 0 Å². The first-order chi connectivity index (χ1) is 11.6. The standard InChI is InChI=1S/C18H19FN4O/c19-15-9-13(10-20)1-2-16(15)23-7-3-14(4-8-23)17(24)22-12-18(11-21)5-6-18/h1-2,9,14H,3-8,12H2,(H,22,24). The number of rotatable bonds is 4. The summed E-state index contributed by atoms with van der Waals surface area (Å²) < 4.78 is 14.1. The van der Waals surface area contributed by atoms with Crippen LogP contribution in [0, 0.1) is 39.8 Å². The van der Waals surface area contributed by atoms with Gasteiger partial charge in [0.1, 0.15) is 5.82 Å². The molecule has 0 unspecified atom stereocenters. The number of piperidine rings is 1. The summed E-state index contributed by atoms with van der Waals surface area (Å²) >= 11 is 0. The van der Waals surface area contributed by atoms with Gasteiger partial charge in [-0.15, -0.1) is 0 Å². The van der Waals surface area contributed by atoms with Crippen LogP contribution < -0.4 is 10.2 Å². The largest absolute Gasteiger partial charge is 0.369 e. The number of anilines is 1. The monoisotopic (exact) mass is 326 g/mol. The number of carbonyl (C=O) groups excluding carboxylic acids is 1. The molecular weight excluding hydrogens is 307 g/mol. The molecule has 1 aliphatic heterocycles. The molecule has 2 aliphatic rings. The van der Waals surface area contributed by atoms with Crippen LogP contribution in [0.25, 0.3) is 0 Å². The van der Waals surface area contributed by atoms with Crippen LogP contribution in [0.1, 0.15) is 31.2 Å². The molecule has 5 nitrogen and oxygen atoms in total. The summed E-state index contributed by atoms with van der Waals surface area (Å²) in [5.41, 5.74) is 0.452. The maximum absolute atomic E-state index is 14.1. The minimum Gasteiger partial charge on any atom is -0.369 e. The third-order valence-electron chi connectivity index (χ3n) is 4.97. The van der Waals surface area contributed by atoms with Gasteiger partial charge in [0.25, 0.3) is 0 Å². The lowest BCUT2D eigenvalue weighted by Crippen LogP contribution is -2.42. The Hall–Kier alpha value is -2.60. The zero-order valence-corrected chi connectivity index (χ0v) is 13.4. The van der Waals surface area contributed by atoms with E-state index in [1.807, 2.05) is 11.0 Å². The quantitative estimate of drug-likeness (QED) is 0.921. The number of halogens is 1. The zero-order valence-electron chi connectivity index (χ0n) is 13.4. The molecule has 24 heavy (non-hydrogen) atoms. The van der Waals surface area contributed by atoms with E-state index in [9.17, 15) is 9.18 Å². The maximum Gasteiger partial charge on any atom is 0.223 e. The molecule has 1 aromatic carbocycles. The van der Waals surface area contributed by atoms with Gasteiger partial charge in [-0.25, -0.2) is 4.39 Å². The topological polar surface area (TPSA) is 79.9 Å². The second-order valence-corrected chi connectivity index (χ2v) is 6.65. The van der Waals surface area contributed by atoms with Crippen molar-refractivity contribution in [3.8, 4) is 12.1 Å². The van der Waals surface area contributed by atoms with Gasteiger partial charge in [-0.2, -0.15) is 10.5 Å². The summed E-state index contributed by atoms with van der Waals surface area (Å²) in [6.45, 7) is 1.64. The van der Waals surface area contributed by atoms with E-state index < -0.39 is 5.82 Å². The van der Waals surface area contributed by atoms with Crippen LogP contribution in [0.4, 0.5) is 10.1 Å². The van der Waals surface area contributed by atoms with Gasteiger partial charge in [0.05, 0.1) is 28.8 Å². The molecule has 124 valence electrons. The fourth-order valence-electron chi connectivity index (χ4n) is 3.10. The Kier molecular flexibility index (Phi) is 4.40. The number of nitriles is 2. The molecule has 1 saturated carbocycles. The van der Waals surface area contributed by atoms with Crippen LogP contribution in [-0.4, -0.2) is 25.5 Å². The summed E-state index contributed by atoms with van der Waals surface area (Å²) in [7, 11) is 0. The van der Waals surface area contributed by atoms with Gasteiger partial charge >= 0.3 is 0 Å². The van der Waals surface area contributed by atoms with Crippen LogP contribution in [0.3, 0.4) is 0 Å². The van der Waals surface area contributed by atoms with Gasteiger partial charge in [-0.3, -0.25) is 4.79 Å². The fraction of sp³-hybridized carbons (Fsp3) is 0.500. The average Bonchev–Trinajstić information content (AvgIpc) is 3.40. The number of carbonyl (C=O) groups is 1. The van der Waals surface area contributed by atoms with Crippen LogP contribution in [0.5, 0.6) is 0 Å². The van der Waals surface area contributed by atoms with E-state index in [2.05, 4.69) is 11.4 Å². The predicted octanol–water partition coefficient (Wildman–Crippen LogP) is 2.33. The maximum atomic E-state index is 14.1. The first-order valence-corrected chi connectivity index (χ1v) is 8.20. The lowest BCUT2D eigenvalue weighted by Gasteiger charge is -2.33.